The number of hydrogen-bond acceptors (Lipinski definition) is 7. The van der Waals surface area contributed by atoms with Crippen LogP contribution >= 0.6 is 11.3 Å². The predicted octanol–water partition coefficient (Wildman–Crippen LogP) is 2.33. The third-order valence-electron chi connectivity index (χ3n) is 4.40. The van der Waals surface area contributed by atoms with Gasteiger partial charge < -0.3 is 15.0 Å². The average molecular weight is 423 g/mol. The van der Waals surface area contributed by atoms with Gasteiger partial charge in [-0.15, -0.1) is 11.3 Å². The van der Waals surface area contributed by atoms with Crippen molar-refractivity contribution in [3.05, 3.63) is 46.3 Å². The van der Waals surface area contributed by atoms with Crippen LogP contribution in [0.3, 0.4) is 0 Å². The number of esters is 1. The highest BCUT2D eigenvalue weighted by atomic mass is 32.2. The molecule has 0 spiro atoms. The lowest BCUT2D eigenvalue weighted by Crippen LogP contribution is -2.26. The molecule has 1 aliphatic heterocycles. The number of likely N-dealkylation sites (N-methyl/N-ethyl adjacent to an activating group) is 1. The minimum absolute atomic E-state index is 0.0860. The van der Waals surface area contributed by atoms with Crippen molar-refractivity contribution < 1.29 is 22.7 Å². The van der Waals surface area contributed by atoms with E-state index in [0.717, 1.165) is 17.0 Å². The van der Waals surface area contributed by atoms with Crippen molar-refractivity contribution in [2.45, 2.75) is 24.8 Å². The van der Waals surface area contributed by atoms with Crippen molar-refractivity contribution in [2.24, 2.45) is 0 Å². The lowest BCUT2D eigenvalue weighted by molar-refractivity contribution is -0.113. The van der Waals surface area contributed by atoms with E-state index < -0.39 is 27.5 Å². The molecule has 150 valence electrons. The van der Waals surface area contributed by atoms with Crippen LogP contribution < -0.4 is 5.32 Å². The molecule has 0 unspecified atom stereocenters. The molecule has 2 heterocycles. The van der Waals surface area contributed by atoms with E-state index in [1.165, 1.54) is 23.5 Å². The molecule has 1 aliphatic rings. The third kappa shape index (κ3) is 4.43. The molecule has 0 saturated carbocycles. The second-order valence-electron chi connectivity index (χ2n) is 6.54. The van der Waals surface area contributed by atoms with Crippen LogP contribution in [0.1, 0.15) is 27.7 Å². The van der Waals surface area contributed by atoms with Crippen molar-refractivity contribution in [3.63, 3.8) is 0 Å². The summed E-state index contributed by atoms with van der Waals surface area (Å²) in [6.07, 6.45) is 0.675. The molecule has 0 fully saturated rings. The number of thiophene rings is 1. The van der Waals surface area contributed by atoms with Gasteiger partial charge in [0.2, 0.25) is 5.91 Å². The first-order valence-electron chi connectivity index (χ1n) is 8.89. The third-order valence-corrected chi connectivity index (χ3v) is 7.17. The monoisotopic (exact) mass is 422 g/mol. The fraction of sp³-hybridized carbons (Fsp3) is 0.368. The van der Waals surface area contributed by atoms with Crippen LogP contribution in [0.15, 0.2) is 35.2 Å². The Morgan fingerprint density at radius 3 is 2.64 bits per heavy atom. The summed E-state index contributed by atoms with van der Waals surface area (Å²) < 4.78 is 30.0. The van der Waals surface area contributed by atoms with E-state index in [4.69, 9.17) is 4.74 Å². The first-order valence-corrected chi connectivity index (χ1v) is 11.4. The van der Waals surface area contributed by atoms with Gasteiger partial charge in [-0.05, 0) is 38.1 Å². The molecule has 0 radical (unpaired) electrons. The fourth-order valence-corrected chi connectivity index (χ4v) is 5.57. The number of carbonyl (C=O) groups is 2. The van der Waals surface area contributed by atoms with E-state index in [0.29, 0.717) is 23.5 Å². The van der Waals surface area contributed by atoms with Gasteiger partial charge in [-0.3, -0.25) is 4.79 Å². The number of nitrogens with one attached hydrogen (secondary N) is 1. The van der Waals surface area contributed by atoms with Gasteiger partial charge in [0.25, 0.3) is 0 Å². The SMILES string of the molecule is CCOC(=O)c1c(NC(=O)CS(=O)(=O)c2ccccc2)sc2c1CCN(C)C2. The Balaban J connectivity index is 1.85. The van der Waals surface area contributed by atoms with Crippen LogP contribution in [-0.4, -0.2) is 51.1 Å². The predicted molar refractivity (Wildman–Crippen MR) is 107 cm³/mol. The first kappa shape index (κ1) is 20.5. The number of ether oxygens (including phenoxy) is 1. The van der Waals surface area contributed by atoms with Gasteiger partial charge in [-0.1, -0.05) is 18.2 Å². The topological polar surface area (TPSA) is 92.8 Å². The number of fused-ring (bicyclic) bond motifs is 1. The van der Waals surface area contributed by atoms with Gasteiger partial charge in [0, 0.05) is 18.0 Å². The zero-order valence-corrected chi connectivity index (χ0v) is 17.4. The summed E-state index contributed by atoms with van der Waals surface area (Å²) in [7, 11) is -1.78. The molecule has 1 aromatic heterocycles. The molecule has 2 aromatic rings. The molecule has 0 bridgehead atoms. The zero-order valence-electron chi connectivity index (χ0n) is 15.7. The maximum Gasteiger partial charge on any atom is 0.341 e. The van der Waals surface area contributed by atoms with Gasteiger partial charge in [0.05, 0.1) is 17.1 Å². The standard InChI is InChI=1S/C19H22N2O5S2/c1-3-26-19(23)17-14-9-10-21(2)11-15(14)27-18(17)20-16(22)12-28(24,25)13-7-5-4-6-8-13/h4-8H,3,9-12H2,1-2H3,(H,20,22). The summed E-state index contributed by atoms with van der Waals surface area (Å²) in [5.74, 6) is -1.87. The second-order valence-corrected chi connectivity index (χ2v) is 9.63. The number of rotatable bonds is 6. The quantitative estimate of drug-likeness (QED) is 0.719. The largest absolute Gasteiger partial charge is 0.462 e. The molecular weight excluding hydrogens is 400 g/mol. The Bertz CT molecular complexity index is 983. The van der Waals surface area contributed by atoms with Gasteiger partial charge in [-0.2, -0.15) is 0 Å². The molecule has 9 heteroatoms. The van der Waals surface area contributed by atoms with Crippen molar-refractivity contribution in [3.8, 4) is 0 Å². The number of benzene rings is 1. The summed E-state index contributed by atoms with van der Waals surface area (Å²) in [6, 6.07) is 7.82. The average Bonchev–Trinajstić information content (AvgIpc) is 2.98. The van der Waals surface area contributed by atoms with Crippen LogP contribution in [0, 0.1) is 0 Å². The highest BCUT2D eigenvalue weighted by Gasteiger charge is 2.29. The van der Waals surface area contributed by atoms with Crippen LogP contribution in [0.25, 0.3) is 0 Å². The number of hydrogen-bond donors (Lipinski definition) is 1. The lowest BCUT2D eigenvalue weighted by Gasteiger charge is -2.22. The minimum Gasteiger partial charge on any atom is -0.462 e. The van der Waals surface area contributed by atoms with E-state index >= 15 is 0 Å². The van der Waals surface area contributed by atoms with Crippen LogP contribution in [0.4, 0.5) is 5.00 Å². The smallest absolute Gasteiger partial charge is 0.341 e. The van der Waals surface area contributed by atoms with Gasteiger partial charge in [0.15, 0.2) is 9.84 Å². The van der Waals surface area contributed by atoms with Gasteiger partial charge in [-0.25, -0.2) is 13.2 Å². The number of amides is 1. The molecule has 0 atom stereocenters. The molecule has 28 heavy (non-hydrogen) atoms. The van der Waals surface area contributed by atoms with Crippen molar-refractivity contribution >= 4 is 38.1 Å². The Morgan fingerprint density at radius 1 is 1.25 bits per heavy atom. The molecular formula is C19H22N2O5S2. The summed E-state index contributed by atoms with van der Waals surface area (Å²) in [5.41, 5.74) is 1.23. The van der Waals surface area contributed by atoms with Crippen LogP contribution in [0.5, 0.6) is 0 Å². The molecule has 0 saturated heterocycles. The normalized spacial score (nSPS) is 14.4. The summed E-state index contributed by atoms with van der Waals surface area (Å²) in [5, 5.41) is 2.98. The number of sulfone groups is 1. The number of nitrogens with zero attached hydrogens (tertiary/aromatic N) is 1. The molecule has 1 N–H and O–H groups in total. The summed E-state index contributed by atoms with van der Waals surface area (Å²) in [4.78, 5) is 28.1. The van der Waals surface area contributed by atoms with Crippen LogP contribution in [-0.2, 0) is 32.3 Å². The Kier molecular flexibility index (Phi) is 6.17. The van der Waals surface area contributed by atoms with E-state index in [2.05, 4.69) is 10.2 Å². The molecule has 3 rings (SSSR count). The van der Waals surface area contributed by atoms with Crippen LogP contribution in [0.2, 0.25) is 0 Å². The van der Waals surface area contributed by atoms with Crippen molar-refractivity contribution in [1.29, 1.82) is 0 Å². The van der Waals surface area contributed by atoms with E-state index in [-0.39, 0.29) is 11.5 Å². The van der Waals surface area contributed by atoms with E-state index in [1.807, 2.05) is 7.05 Å². The molecule has 1 aromatic carbocycles. The maximum atomic E-state index is 12.5. The Morgan fingerprint density at radius 2 is 1.96 bits per heavy atom. The summed E-state index contributed by atoms with van der Waals surface area (Å²) >= 11 is 1.30. The fourth-order valence-electron chi connectivity index (χ4n) is 3.08. The highest BCUT2D eigenvalue weighted by Crippen LogP contribution is 2.37. The van der Waals surface area contributed by atoms with Gasteiger partial charge >= 0.3 is 5.97 Å². The Labute approximate surface area is 168 Å². The van der Waals surface area contributed by atoms with Crippen molar-refractivity contribution in [2.75, 3.05) is 31.3 Å². The summed E-state index contributed by atoms with van der Waals surface area (Å²) in [6.45, 7) is 3.41. The molecule has 7 nitrogen and oxygen atoms in total. The van der Waals surface area contributed by atoms with Crippen molar-refractivity contribution in [1.82, 2.24) is 4.90 Å². The second kappa shape index (κ2) is 8.42. The maximum absolute atomic E-state index is 12.5. The Hall–Kier alpha value is -2.23. The first-order chi connectivity index (χ1) is 13.3. The minimum atomic E-state index is -3.77. The van der Waals surface area contributed by atoms with E-state index in [9.17, 15) is 18.0 Å². The number of anilines is 1. The number of carbonyl (C=O) groups excluding carboxylic acids is 2. The van der Waals surface area contributed by atoms with Gasteiger partial charge in [0.1, 0.15) is 10.8 Å². The van der Waals surface area contributed by atoms with E-state index in [1.54, 1.807) is 25.1 Å². The molecule has 0 aliphatic carbocycles. The lowest BCUT2D eigenvalue weighted by atomic mass is 10.0. The molecule has 1 amide bonds. The highest BCUT2D eigenvalue weighted by molar-refractivity contribution is 7.92. The zero-order chi connectivity index (χ0) is 20.3.